The molecular formula is C16H15BrN4O3S. The molecular weight excluding hydrogens is 408 g/mol. The van der Waals surface area contributed by atoms with Gasteiger partial charge in [0.15, 0.2) is 0 Å². The lowest BCUT2D eigenvalue weighted by Gasteiger charge is -2.10. The van der Waals surface area contributed by atoms with Gasteiger partial charge in [-0.1, -0.05) is 12.1 Å². The molecule has 130 valence electrons. The molecule has 1 aromatic carbocycles. The first kappa shape index (κ1) is 17.4. The van der Waals surface area contributed by atoms with Gasteiger partial charge in [-0.2, -0.15) is 5.10 Å². The van der Waals surface area contributed by atoms with Crippen LogP contribution in [0.25, 0.3) is 5.52 Å². The lowest BCUT2D eigenvalue weighted by Crippen LogP contribution is -2.31. The lowest BCUT2D eigenvalue weighted by atomic mass is 10.2. The zero-order chi connectivity index (χ0) is 17.9. The normalized spacial score (nSPS) is 11.4. The summed E-state index contributed by atoms with van der Waals surface area (Å²) in [6.07, 6.45) is 3.30. The third kappa shape index (κ3) is 4.37. The Labute approximate surface area is 153 Å². The van der Waals surface area contributed by atoms with E-state index in [1.165, 1.54) is 0 Å². The van der Waals surface area contributed by atoms with Gasteiger partial charge in [0.1, 0.15) is 0 Å². The number of carbonyl (C=O) groups is 1. The molecule has 0 spiro atoms. The molecule has 25 heavy (non-hydrogen) atoms. The minimum absolute atomic E-state index is 0.00439. The highest BCUT2D eigenvalue weighted by atomic mass is 79.9. The maximum absolute atomic E-state index is 12.2. The van der Waals surface area contributed by atoms with Crippen molar-refractivity contribution in [2.45, 2.75) is 0 Å². The number of nitrogens with zero attached hydrogens (tertiary/aromatic N) is 2. The summed E-state index contributed by atoms with van der Waals surface area (Å²) in [7, 11) is -3.58. The first-order valence-corrected chi connectivity index (χ1v) is 9.86. The standard InChI is InChI=1S/C16H15BrN4O3S/c17-15-4-2-1-3-14(15)16(22)18-8-10-25(23,24)20-12-6-9-21-13(11-12)5-7-19-21/h1-7,9,11,20H,8,10H2,(H,18,22). The maximum Gasteiger partial charge on any atom is 0.252 e. The molecule has 0 atom stereocenters. The SMILES string of the molecule is O=C(NCCS(=O)(=O)Nc1ccn2nccc2c1)c1ccccc1Br. The van der Waals surface area contributed by atoms with Crippen LogP contribution in [0.2, 0.25) is 0 Å². The van der Waals surface area contributed by atoms with Gasteiger partial charge < -0.3 is 5.32 Å². The number of carbonyl (C=O) groups excluding carboxylic acids is 1. The van der Waals surface area contributed by atoms with Crippen molar-refractivity contribution in [3.8, 4) is 0 Å². The number of nitrogens with one attached hydrogen (secondary N) is 2. The summed E-state index contributed by atoms with van der Waals surface area (Å²) >= 11 is 3.29. The molecule has 0 saturated carbocycles. The van der Waals surface area contributed by atoms with Gasteiger partial charge in [-0.05, 0) is 46.3 Å². The quantitative estimate of drug-likeness (QED) is 0.636. The summed E-state index contributed by atoms with van der Waals surface area (Å²) in [5, 5.41) is 6.65. The molecule has 0 fully saturated rings. The summed E-state index contributed by atoms with van der Waals surface area (Å²) in [6, 6.07) is 12.0. The smallest absolute Gasteiger partial charge is 0.252 e. The van der Waals surface area contributed by atoms with Gasteiger partial charge in [0, 0.05) is 23.4 Å². The van der Waals surface area contributed by atoms with E-state index in [2.05, 4.69) is 31.1 Å². The van der Waals surface area contributed by atoms with Crippen LogP contribution < -0.4 is 10.0 Å². The molecule has 0 bridgehead atoms. The Morgan fingerprint density at radius 2 is 2.00 bits per heavy atom. The lowest BCUT2D eigenvalue weighted by molar-refractivity contribution is 0.0955. The highest BCUT2D eigenvalue weighted by molar-refractivity contribution is 9.10. The monoisotopic (exact) mass is 422 g/mol. The number of rotatable bonds is 6. The molecule has 2 aromatic heterocycles. The fourth-order valence-electron chi connectivity index (χ4n) is 2.26. The summed E-state index contributed by atoms with van der Waals surface area (Å²) in [5.41, 5.74) is 1.69. The van der Waals surface area contributed by atoms with Crippen molar-refractivity contribution in [2.75, 3.05) is 17.0 Å². The molecule has 3 rings (SSSR count). The number of fused-ring (bicyclic) bond motifs is 1. The number of hydrogen-bond donors (Lipinski definition) is 2. The van der Waals surface area contributed by atoms with Gasteiger partial charge in [-0.3, -0.25) is 9.52 Å². The number of sulfonamides is 1. The number of anilines is 1. The van der Waals surface area contributed by atoms with Crippen molar-refractivity contribution in [3.05, 3.63) is 64.9 Å². The summed E-state index contributed by atoms with van der Waals surface area (Å²) in [4.78, 5) is 12.1. The van der Waals surface area contributed by atoms with Crippen LogP contribution in [-0.4, -0.2) is 36.2 Å². The van der Waals surface area contributed by atoms with Gasteiger partial charge in [-0.15, -0.1) is 0 Å². The van der Waals surface area contributed by atoms with Crippen molar-refractivity contribution < 1.29 is 13.2 Å². The van der Waals surface area contributed by atoms with Crippen LogP contribution in [0.1, 0.15) is 10.4 Å². The zero-order valence-corrected chi connectivity index (χ0v) is 15.4. The first-order chi connectivity index (χ1) is 11.9. The summed E-state index contributed by atoms with van der Waals surface area (Å²) in [5.74, 6) is -0.559. The van der Waals surface area contributed by atoms with Crippen LogP contribution in [-0.2, 0) is 10.0 Å². The molecule has 3 aromatic rings. The molecule has 0 aliphatic heterocycles. The third-order valence-corrected chi connectivity index (χ3v) is 5.43. The molecule has 2 heterocycles. The summed E-state index contributed by atoms with van der Waals surface area (Å²) < 4.78 is 29.1. The van der Waals surface area contributed by atoms with E-state index in [4.69, 9.17) is 0 Å². The second-order valence-electron chi connectivity index (χ2n) is 5.27. The zero-order valence-electron chi connectivity index (χ0n) is 13.0. The molecule has 7 nitrogen and oxygen atoms in total. The van der Waals surface area contributed by atoms with Crippen molar-refractivity contribution in [1.29, 1.82) is 0 Å². The molecule has 9 heteroatoms. The fraction of sp³-hybridized carbons (Fsp3) is 0.125. The third-order valence-electron chi connectivity index (χ3n) is 3.45. The second-order valence-corrected chi connectivity index (χ2v) is 7.97. The van der Waals surface area contributed by atoms with Gasteiger partial charge in [-0.25, -0.2) is 12.9 Å². The number of amides is 1. The van der Waals surface area contributed by atoms with E-state index in [1.807, 2.05) is 0 Å². The Balaban J connectivity index is 1.58. The molecule has 1 amide bonds. The first-order valence-electron chi connectivity index (χ1n) is 7.41. The highest BCUT2D eigenvalue weighted by Gasteiger charge is 2.13. The van der Waals surface area contributed by atoms with Crippen LogP contribution in [0, 0.1) is 0 Å². The average molecular weight is 423 g/mol. The Bertz CT molecular complexity index is 1020. The molecule has 0 aliphatic carbocycles. The Kier molecular flexibility index (Phi) is 5.05. The molecule has 2 N–H and O–H groups in total. The van der Waals surface area contributed by atoms with Crippen LogP contribution >= 0.6 is 15.9 Å². The topological polar surface area (TPSA) is 92.6 Å². The Hall–Kier alpha value is -2.39. The van der Waals surface area contributed by atoms with Crippen LogP contribution in [0.5, 0.6) is 0 Å². The number of aromatic nitrogens is 2. The van der Waals surface area contributed by atoms with Crippen molar-refractivity contribution in [1.82, 2.24) is 14.9 Å². The van der Waals surface area contributed by atoms with Gasteiger partial charge in [0.2, 0.25) is 10.0 Å². The van der Waals surface area contributed by atoms with Crippen LogP contribution in [0.3, 0.4) is 0 Å². The van der Waals surface area contributed by atoms with Gasteiger partial charge in [0.05, 0.1) is 22.5 Å². The number of hydrogen-bond acceptors (Lipinski definition) is 4. The largest absolute Gasteiger partial charge is 0.351 e. The average Bonchev–Trinajstić information content (AvgIpc) is 3.02. The van der Waals surface area contributed by atoms with E-state index in [1.54, 1.807) is 59.4 Å². The Morgan fingerprint density at radius 1 is 1.20 bits per heavy atom. The number of halogens is 1. The highest BCUT2D eigenvalue weighted by Crippen LogP contribution is 2.15. The molecule has 0 aliphatic rings. The predicted octanol–water partition coefficient (Wildman–Crippen LogP) is 2.27. The van der Waals surface area contributed by atoms with E-state index < -0.39 is 10.0 Å². The maximum atomic E-state index is 12.2. The van der Waals surface area contributed by atoms with E-state index >= 15 is 0 Å². The minimum Gasteiger partial charge on any atom is -0.351 e. The van der Waals surface area contributed by atoms with Crippen LogP contribution in [0.4, 0.5) is 5.69 Å². The van der Waals surface area contributed by atoms with E-state index in [9.17, 15) is 13.2 Å². The fourth-order valence-corrected chi connectivity index (χ4v) is 3.68. The Morgan fingerprint density at radius 3 is 2.80 bits per heavy atom. The molecule has 0 saturated heterocycles. The predicted molar refractivity (Wildman–Crippen MR) is 99.1 cm³/mol. The minimum atomic E-state index is -3.58. The van der Waals surface area contributed by atoms with Crippen molar-refractivity contribution in [2.24, 2.45) is 0 Å². The van der Waals surface area contributed by atoms with Crippen LogP contribution in [0.15, 0.2) is 59.3 Å². The second kappa shape index (κ2) is 7.24. The number of benzene rings is 1. The van der Waals surface area contributed by atoms with E-state index in [0.29, 0.717) is 15.7 Å². The van der Waals surface area contributed by atoms with Crippen molar-refractivity contribution >= 4 is 43.1 Å². The van der Waals surface area contributed by atoms with E-state index in [-0.39, 0.29) is 18.2 Å². The molecule has 0 radical (unpaired) electrons. The van der Waals surface area contributed by atoms with Crippen molar-refractivity contribution in [3.63, 3.8) is 0 Å². The summed E-state index contributed by atoms with van der Waals surface area (Å²) in [6.45, 7) is 0.00439. The van der Waals surface area contributed by atoms with E-state index in [0.717, 1.165) is 5.52 Å². The van der Waals surface area contributed by atoms with Gasteiger partial charge in [0.25, 0.3) is 5.91 Å². The number of pyridine rings is 1. The molecule has 0 unspecified atom stereocenters. The van der Waals surface area contributed by atoms with Gasteiger partial charge >= 0.3 is 0 Å².